The normalized spacial score (nSPS) is 10.3. The largest absolute Gasteiger partial charge is 0.348 e. The van der Waals surface area contributed by atoms with E-state index >= 15 is 0 Å². The van der Waals surface area contributed by atoms with Crippen molar-refractivity contribution < 1.29 is 14.3 Å². The molecular formula is C15H20N5O2+. The highest BCUT2D eigenvalue weighted by atomic mass is 16.2. The predicted molar refractivity (Wildman–Crippen MR) is 81.8 cm³/mol. The van der Waals surface area contributed by atoms with Gasteiger partial charge in [0.25, 0.3) is 6.33 Å². The number of hydrogen-bond donors (Lipinski definition) is 2. The first-order valence-electron chi connectivity index (χ1n) is 7.23. The van der Waals surface area contributed by atoms with Gasteiger partial charge in [-0.05, 0) is 18.6 Å². The minimum atomic E-state index is -0.325. The first-order valence-corrected chi connectivity index (χ1v) is 7.23. The molecule has 7 nitrogen and oxygen atoms in total. The van der Waals surface area contributed by atoms with Crippen LogP contribution in [0.25, 0.3) is 0 Å². The van der Waals surface area contributed by atoms with Gasteiger partial charge in [-0.2, -0.15) is 0 Å². The maximum atomic E-state index is 12.5. The van der Waals surface area contributed by atoms with Crippen molar-refractivity contribution in [2.45, 2.75) is 33.2 Å². The molecule has 2 aromatic rings. The lowest BCUT2D eigenvalue weighted by Gasteiger charge is -2.05. The van der Waals surface area contributed by atoms with Gasteiger partial charge in [-0.1, -0.05) is 31.5 Å². The Morgan fingerprint density at radius 1 is 1.27 bits per heavy atom. The van der Waals surface area contributed by atoms with E-state index in [2.05, 4.69) is 22.8 Å². The average Bonchev–Trinajstić information content (AvgIpc) is 2.88. The molecule has 7 heteroatoms. The van der Waals surface area contributed by atoms with Crippen molar-refractivity contribution in [1.29, 1.82) is 0 Å². The van der Waals surface area contributed by atoms with Crippen molar-refractivity contribution in [2.75, 3.05) is 10.7 Å². The average molecular weight is 302 g/mol. The molecule has 0 atom stereocenters. The summed E-state index contributed by atoms with van der Waals surface area (Å²) in [7, 11) is 0. The number of nitrogens with zero attached hydrogens (tertiary/aromatic N) is 3. The summed E-state index contributed by atoms with van der Waals surface area (Å²) in [6.07, 6.45) is 3.31. The second kappa shape index (κ2) is 7.35. The van der Waals surface area contributed by atoms with E-state index in [1.165, 1.54) is 17.9 Å². The molecule has 1 aromatic heterocycles. The van der Waals surface area contributed by atoms with Crippen molar-refractivity contribution in [2.24, 2.45) is 0 Å². The molecule has 0 aliphatic rings. The fraction of sp³-hybridized carbons (Fsp3) is 0.333. The SMILES string of the molecule is CCCCn1nc[n+](NC(C)=O)c1C(=O)Nc1ccccc1. The van der Waals surface area contributed by atoms with Crippen molar-refractivity contribution in [3.05, 3.63) is 42.5 Å². The fourth-order valence-corrected chi connectivity index (χ4v) is 2.01. The van der Waals surface area contributed by atoms with Gasteiger partial charge >= 0.3 is 11.7 Å². The number of anilines is 1. The lowest BCUT2D eigenvalue weighted by molar-refractivity contribution is -0.645. The van der Waals surface area contributed by atoms with Crippen LogP contribution in [0.1, 0.15) is 37.3 Å². The number of carbonyl (C=O) groups excluding carboxylic acids is 2. The predicted octanol–water partition coefficient (Wildman–Crippen LogP) is 1.31. The van der Waals surface area contributed by atoms with Gasteiger partial charge in [0.2, 0.25) is 5.91 Å². The van der Waals surface area contributed by atoms with E-state index in [-0.39, 0.29) is 17.6 Å². The highest BCUT2D eigenvalue weighted by Crippen LogP contribution is 2.07. The number of hydrogen-bond acceptors (Lipinski definition) is 3. The first-order chi connectivity index (χ1) is 10.6. The molecule has 0 unspecified atom stereocenters. The molecule has 2 amide bonds. The summed E-state index contributed by atoms with van der Waals surface area (Å²) in [6, 6.07) is 9.15. The van der Waals surface area contributed by atoms with E-state index in [1.54, 1.807) is 16.8 Å². The van der Waals surface area contributed by atoms with Gasteiger partial charge in [0, 0.05) is 17.7 Å². The Morgan fingerprint density at radius 3 is 2.64 bits per heavy atom. The molecule has 116 valence electrons. The minimum absolute atomic E-state index is 0.270. The zero-order chi connectivity index (χ0) is 15.9. The third kappa shape index (κ3) is 3.91. The monoisotopic (exact) mass is 302 g/mol. The molecule has 22 heavy (non-hydrogen) atoms. The van der Waals surface area contributed by atoms with E-state index < -0.39 is 0 Å². The number of rotatable bonds is 6. The van der Waals surface area contributed by atoms with Crippen LogP contribution in [0.4, 0.5) is 5.69 Å². The van der Waals surface area contributed by atoms with Crippen molar-refractivity contribution >= 4 is 17.5 Å². The molecule has 0 aliphatic carbocycles. The van der Waals surface area contributed by atoms with Gasteiger partial charge < -0.3 is 5.32 Å². The summed E-state index contributed by atoms with van der Waals surface area (Å²) >= 11 is 0. The maximum Gasteiger partial charge on any atom is 0.348 e. The van der Waals surface area contributed by atoms with E-state index in [4.69, 9.17) is 0 Å². The van der Waals surface area contributed by atoms with E-state index in [1.807, 2.05) is 18.2 Å². The lowest BCUT2D eigenvalue weighted by atomic mass is 10.3. The molecule has 1 aromatic carbocycles. The Labute approximate surface area is 128 Å². The van der Waals surface area contributed by atoms with Crippen LogP contribution < -0.4 is 15.4 Å². The smallest absolute Gasteiger partial charge is 0.317 e. The highest BCUT2D eigenvalue weighted by molar-refractivity contribution is 6.00. The van der Waals surface area contributed by atoms with Crippen LogP contribution in [0.3, 0.4) is 0 Å². The summed E-state index contributed by atoms with van der Waals surface area (Å²) in [5, 5.41) is 6.98. The van der Waals surface area contributed by atoms with Crippen LogP contribution in [0.15, 0.2) is 36.7 Å². The van der Waals surface area contributed by atoms with Crippen LogP contribution in [0, 0.1) is 0 Å². The van der Waals surface area contributed by atoms with Crippen molar-refractivity contribution in [1.82, 2.24) is 9.78 Å². The van der Waals surface area contributed by atoms with Crippen LogP contribution in [-0.4, -0.2) is 21.6 Å². The molecular weight excluding hydrogens is 282 g/mol. The zero-order valence-corrected chi connectivity index (χ0v) is 12.7. The topological polar surface area (TPSA) is 79.9 Å². The second-order valence-corrected chi connectivity index (χ2v) is 4.89. The van der Waals surface area contributed by atoms with E-state index in [9.17, 15) is 9.59 Å². The number of aromatic nitrogens is 3. The van der Waals surface area contributed by atoms with Gasteiger partial charge in [0.05, 0.1) is 0 Å². The summed E-state index contributed by atoms with van der Waals surface area (Å²) < 4.78 is 2.94. The van der Waals surface area contributed by atoms with E-state index in [0.29, 0.717) is 12.2 Å². The number of aryl methyl sites for hydroxylation is 1. The Bertz CT molecular complexity index is 651. The molecule has 2 rings (SSSR count). The molecule has 0 saturated carbocycles. The van der Waals surface area contributed by atoms with Crippen LogP contribution >= 0.6 is 0 Å². The Hall–Kier alpha value is -2.70. The van der Waals surface area contributed by atoms with Gasteiger partial charge in [-0.15, -0.1) is 9.36 Å². The summed E-state index contributed by atoms with van der Waals surface area (Å²) in [5.41, 5.74) is 3.26. The third-order valence-corrected chi connectivity index (χ3v) is 3.02. The first kappa shape index (κ1) is 15.7. The molecule has 1 heterocycles. The van der Waals surface area contributed by atoms with Crippen LogP contribution in [-0.2, 0) is 11.3 Å². The summed E-state index contributed by atoms with van der Waals surface area (Å²) in [4.78, 5) is 23.8. The third-order valence-electron chi connectivity index (χ3n) is 3.02. The summed E-state index contributed by atoms with van der Waals surface area (Å²) in [5.74, 6) is -0.310. The number of benzene rings is 1. The van der Waals surface area contributed by atoms with Crippen LogP contribution in [0.2, 0.25) is 0 Å². The molecule has 0 bridgehead atoms. The molecule has 0 spiro atoms. The maximum absolute atomic E-state index is 12.5. The fourth-order valence-electron chi connectivity index (χ4n) is 2.01. The number of nitrogens with one attached hydrogen (secondary N) is 2. The van der Waals surface area contributed by atoms with Crippen molar-refractivity contribution in [3.8, 4) is 0 Å². The van der Waals surface area contributed by atoms with Crippen LogP contribution in [0.5, 0.6) is 0 Å². The minimum Gasteiger partial charge on any atom is -0.317 e. The standard InChI is InChI=1S/C15H19N5O2/c1-3-4-10-19-15(20(11-16-19)18-12(2)21)14(22)17-13-8-6-5-7-9-13/h5-9,11H,3-4,10H2,1-2H3,(H-,17,18,21,22)/p+1. The van der Waals surface area contributed by atoms with Gasteiger partial charge in [0.1, 0.15) is 6.54 Å². The Morgan fingerprint density at radius 2 is 2.00 bits per heavy atom. The van der Waals surface area contributed by atoms with Gasteiger partial charge in [0.15, 0.2) is 0 Å². The van der Waals surface area contributed by atoms with E-state index in [0.717, 1.165) is 12.8 Å². The number of amides is 2. The number of unbranched alkanes of at least 4 members (excludes halogenated alkanes) is 1. The lowest BCUT2D eigenvalue weighted by Crippen LogP contribution is -2.52. The zero-order valence-electron chi connectivity index (χ0n) is 12.7. The summed E-state index contributed by atoms with van der Waals surface area (Å²) in [6.45, 7) is 4.06. The van der Waals surface area contributed by atoms with Gasteiger partial charge in [-0.3, -0.25) is 9.59 Å². The molecule has 0 radical (unpaired) electrons. The molecule has 0 aliphatic heterocycles. The quantitative estimate of drug-likeness (QED) is 0.790. The molecule has 2 N–H and O–H groups in total. The molecule has 0 saturated heterocycles. The highest BCUT2D eigenvalue weighted by Gasteiger charge is 2.27. The molecule has 0 fully saturated rings. The second-order valence-electron chi connectivity index (χ2n) is 4.89. The number of carbonyl (C=O) groups is 2. The van der Waals surface area contributed by atoms with Crippen molar-refractivity contribution in [3.63, 3.8) is 0 Å². The number of para-hydroxylation sites is 1. The Kier molecular flexibility index (Phi) is 5.24. The Balaban J connectivity index is 2.26. The van der Waals surface area contributed by atoms with Gasteiger partial charge in [-0.25, -0.2) is 5.43 Å².